The Morgan fingerprint density at radius 1 is 1.11 bits per heavy atom. The first-order chi connectivity index (χ1) is 18.1. The summed E-state index contributed by atoms with van der Waals surface area (Å²) in [6, 6.07) is 16.7. The highest BCUT2D eigenvalue weighted by Crippen LogP contribution is 2.33. The standard InChI is InChI=1S/C29H32N6O2/c1-19-12-20(13-23-16-31-33-28(19)23)6-7-24-15-25(9-11-34(24)27-14-21(18-36)8-10-30-27)35-17-22-4-2-3-5-26(22)32-29(35)37/h2-5,8,10,12-14,16,24-25,36H,6-7,9,11,15,17-18H2,1H3,(H,31,33)(H,32,37). The van der Waals surface area contributed by atoms with E-state index in [4.69, 9.17) is 0 Å². The van der Waals surface area contributed by atoms with E-state index in [1.54, 1.807) is 6.20 Å². The Morgan fingerprint density at radius 3 is 2.89 bits per heavy atom. The van der Waals surface area contributed by atoms with Gasteiger partial charge in [0.25, 0.3) is 0 Å². The van der Waals surface area contributed by atoms with E-state index in [1.807, 2.05) is 41.4 Å². The summed E-state index contributed by atoms with van der Waals surface area (Å²) in [6.07, 6.45) is 7.26. The van der Waals surface area contributed by atoms with E-state index >= 15 is 0 Å². The van der Waals surface area contributed by atoms with E-state index in [1.165, 1.54) is 11.1 Å². The minimum absolute atomic E-state index is 0.00595. The van der Waals surface area contributed by atoms with Crippen molar-refractivity contribution in [1.29, 1.82) is 0 Å². The molecule has 4 aromatic rings. The lowest BCUT2D eigenvalue weighted by atomic mass is 9.90. The third-order valence-corrected chi connectivity index (χ3v) is 7.85. The molecule has 0 spiro atoms. The van der Waals surface area contributed by atoms with Gasteiger partial charge in [-0.1, -0.05) is 24.3 Å². The second-order valence-electron chi connectivity index (χ2n) is 10.2. The van der Waals surface area contributed by atoms with E-state index in [0.29, 0.717) is 6.54 Å². The molecule has 190 valence electrons. The molecule has 1 fully saturated rings. The SMILES string of the molecule is Cc1cc(CCC2CC(N3Cc4ccccc4NC3=O)CCN2c2cc(CO)ccn2)cc2cn[nH]c12. The highest BCUT2D eigenvalue weighted by molar-refractivity contribution is 5.92. The number of urea groups is 1. The van der Waals surface area contributed by atoms with Gasteiger partial charge in [-0.25, -0.2) is 9.78 Å². The van der Waals surface area contributed by atoms with Crippen molar-refractivity contribution >= 4 is 28.4 Å². The lowest BCUT2D eigenvalue weighted by Gasteiger charge is -2.45. The molecular weight excluding hydrogens is 464 g/mol. The number of piperidine rings is 1. The number of aliphatic hydroxyl groups is 1. The molecule has 0 saturated carbocycles. The van der Waals surface area contributed by atoms with Crippen LogP contribution in [0.15, 0.2) is 60.9 Å². The van der Waals surface area contributed by atoms with Crippen molar-refractivity contribution in [3.05, 3.63) is 83.2 Å². The molecule has 37 heavy (non-hydrogen) atoms. The smallest absolute Gasteiger partial charge is 0.322 e. The highest BCUT2D eigenvalue weighted by atomic mass is 16.3. The molecule has 1 saturated heterocycles. The summed E-state index contributed by atoms with van der Waals surface area (Å²) < 4.78 is 0. The van der Waals surface area contributed by atoms with Crippen molar-refractivity contribution in [3.63, 3.8) is 0 Å². The molecule has 2 atom stereocenters. The Hall–Kier alpha value is -3.91. The van der Waals surface area contributed by atoms with E-state index in [2.05, 4.69) is 50.5 Å². The number of benzene rings is 2. The zero-order valence-corrected chi connectivity index (χ0v) is 21.0. The largest absolute Gasteiger partial charge is 0.392 e. The van der Waals surface area contributed by atoms with Gasteiger partial charge in [0.15, 0.2) is 0 Å². The molecular formula is C29H32N6O2. The normalized spacial score (nSPS) is 19.7. The first-order valence-corrected chi connectivity index (χ1v) is 13.0. The number of para-hydroxylation sites is 1. The number of anilines is 2. The van der Waals surface area contributed by atoms with Gasteiger partial charge in [-0.15, -0.1) is 0 Å². The van der Waals surface area contributed by atoms with Gasteiger partial charge in [0.1, 0.15) is 5.82 Å². The first kappa shape index (κ1) is 23.5. The molecule has 4 heterocycles. The van der Waals surface area contributed by atoms with Crippen molar-refractivity contribution in [2.45, 2.75) is 57.8 Å². The van der Waals surface area contributed by atoms with Crippen LogP contribution in [0.5, 0.6) is 0 Å². The molecule has 0 aliphatic carbocycles. The third kappa shape index (κ3) is 4.64. The van der Waals surface area contributed by atoms with E-state index in [9.17, 15) is 9.90 Å². The fourth-order valence-electron chi connectivity index (χ4n) is 5.91. The fraction of sp³-hybridized carbons (Fsp3) is 0.345. The molecule has 2 amide bonds. The minimum atomic E-state index is -0.0164. The first-order valence-electron chi connectivity index (χ1n) is 13.0. The van der Waals surface area contributed by atoms with Gasteiger partial charge in [0.2, 0.25) is 0 Å². The summed E-state index contributed by atoms with van der Waals surface area (Å²) in [7, 11) is 0. The van der Waals surface area contributed by atoms with Crippen molar-refractivity contribution in [2.75, 3.05) is 16.8 Å². The fourth-order valence-corrected chi connectivity index (χ4v) is 5.91. The zero-order chi connectivity index (χ0) is 25.4. The summed E-state index contributed by atoms with van der Waals surface area (Å²) >= 11 is 0. The molecule has 8 heteroatoms. The number of nitrogens with one attached hydrogen (secondary N) is 2. The van der Waals surface area contributed by atoms with Gasteiger partial charge in [-0.3, -0.25) is 5.10 Å². The van der Waals surface area contributed by atoms with Crippen LogP contribution in [0.4, 0.5) is 16.3 Å². The summed E-state index contributed by atoms with van der Waals surface area (Å²) in [4.78, 5) is 22.1. The molecule has 2 aliphatic heterocycles. The molecule has 2 aromatic carbocycles. The van der Waals surface area contributed by atoms with Crippen molar-refractivity contribution in [1.82, 2.24) is 20.1 Å². The maximum atomic E-state index is 13.1. The number of aromatic nitrogens is 3. The molecule has 2 aliphatic rings. The Bertz CT molecular complexity index is 1430. The lowest BCUT2D eigenvalue weighted by Crippen LogP contribution is -2.53. The lowest BCUT2D eigenvalue weighted by molar-refractivity contribution is 0.157. The molecule has 2 unspecified atom stereocenters. The van der Waals surface area contributed by atoms with Crippen LogP contribution in [0, 0.1) is 6.92 Å². The number of aromatic amines is 1. The monoisotopic (exact) mass is 496 g/mol. The number of fused-ring (bicyclic) bond motifs is 2. The van der Waals surface area contributed by atoms with E-state index < -0.39 is 0 Å². The number of aliphatic hydroxyl groups excluding tert-OH is 1. The number of amides is 2. The number of aryl methyl sites for hydroxylation is 2. The summed E-state index contributed by atoms with van der Waals surface area (Å²) in [5, 5.41) is 21.2. The van der Waals surface area contributed by atoms with Crippen molar-refractivity contribution in [3.8, 4) is 0 Å². The quantitative estimate of drug-likeness (QED) is 0.357. The van der Waals surface area contributed by atoms with E-state index in [-0.39, 0.29) is 24.7 Å². The second-order valence-corrected chi connectivity index (χ2v) is 10.2. The topological polar surface area (TPSA) is 97.4 Å². The van der Waals surface area contributed by atoms with Crippen molar-refractivity contribution < 1.29 is 9.90 Å². The molecule has 0 radical (unpaired) electrons. The van der Waals surface area contributed by atoms with Crippen LogP contribution in [-0.2, 0) is 19.6 Å². The molecule has 8 nitrogen and oxygen atoms in total. The van der Waals surface area contributed by atoms with Gasteiger partial charge in [-0.05, 0) is 79.1 Å². The summed E-state index contributed by atoms with van der Waals surface area (Å²) in [5.41, 5.74) is 6.50. The maximum Gasteiger partial charge on any atom is 0.322 e. The van der Waals surface area contributed by atoms with Crippen LogP contribution in [-0.4, -0.2) is 49.8 Å². The number of nitrogens with zero attached hydrogens (tertiary/aromatic N) is 4. The van der Waals surface area contributed by atoms with Crippen LogP contribution < -0.4 is 10.2 Å². The highest BCUT2D eigenvalue weighted by Gasteiger charge is 2.36. The van der Waals surface area contributed by atoms with Crippen LogP contribution in [0.2, 0.25) is 0 Å². The number of carbonyl (C=O) groups excluding carboxylic acids is 1. The van der Waals surface area contributed by atoms with Crippen LogP contribution in [0.1, 0.15) is 41.5 Å². The number of carbonyl (C=O) groups is 1. The number of pyridine rings is 1. The summed E-state index contributed by atoms with van der Waals surface area (Å²) in [5.74, 6) is 0.893. The van der Waals surface area contributed by atoms with Gasteiger partial charge in [-0.2, -0.15) is 5.10 Å². The number of rotatable bonds is 6. The van der Waals surface area contributed by atoms with Gasteiger partial charge in [0, 0.05) is 42.4 Å². The van der Waals surface area contributed by atoms with Gasteiger partial charge in [0.05, 0.1) is 18.3 Å². The molecule has 2 aromatic heterocycles. The minimum Gasteiger partial charge on any atom is -0.392 e. The van der Waals surface area contributed by atoms with Crippen LogP contribution in [0.25, 0.3) is 10.9 Å². The average Bonchev–Trinajstić information content (AvgIpc) is 3.41. The Kier molecular flexibility index (Phi) is 6.26. The zero-order valence-electron chi connectivity index (χ0n) is 21.0. The molecule has 3 N–H and O–H groups in total. The van der Waals surface area contributed by atoms with Gasteiger partial charge < -0.3 is 20.2 Å². The van der Waals surface area contributed by atoms with Gasteiger partial charge >= 0.3 is 6.03 Å². The maximum absolute atomic E-state index is 13.1. The second kappa shape index (κ2) is 9.86. The number of hydrogen-bond donors (Lipinski definition) is 3. The Labute approximate surface area is 216 Å². The third-order valence-electron chi connectivity index (χ3n) is 7.85. The van der Waals surface area contributed by atoms with Crippen LogP contribution in [0.3, 0.4) is 0 Å². The average molecular weight is 497 g/mol. The Balaban J connectivity index is 1.25. The number of hydrogen-bond acceptors (Lipinski definition) is 5. The van der Waals surface area contributed by atoms with Crippen molar-refractivity contribution in [2.24, 2.45) is 0 Å². The number of H-pyrrole nitrogens is 1. The van der Waals surface area contributed by atoms with E-state index in [0.717, 1.165) is 65.8 Å². The predicted molar refractivity (Wildman–Crippen MR) is 144 cm³/mol. The molecule has 0 bridgehead atoms. The summed E-state index contributed by atoms with van der Waals surface area (Å²) in [6.45, 7) is 3.55. The van der Waals surface area contributed by atoms with Crippen LogP contribution >= 0.6 is 0 Å². The predicted octanol–water partition coefficient (Wildman–Crippen LogP) is 4.78. The Morgan fingerprint density at radius 2 is 2.00 bits per heavy atom. The molecule has 6 rings (SSSR count).